The number of carboxylic acids is 2. The van der Waals surface area contributed by atoms with E-state index in [9.17, 15) is 37.4 Å². The highest BCUT2D eigenvalue weighted by molar-refractivity contribution is 5.90. The minimum Gasteiger partial charge on any atom is -0.481 e. The molecule has 0 spiro atoms. The molecule has 9 heteroatoms. The van der Waals surface area contributed by atoms with Crippen LogP contribution in [0.25, 0.3) is 0 Å². The third kappa shape index (κ3) is 3.11. The zero-order valence-corrected chi connectivity index (χ0v) is 14.3. The van der Waals surface area contributed by atoms with E-state index in [2.05, 4.69) is 0 Å². The Balaban J connectivity index is 2.14. The van der Waals surface area contributed by atoms with Crippen LogP contribution >= 0.6 is 0 Å². The van der Waals surface area contributed by atoms with Crippen molar-refractivity contribution in [1.29, 1.82) is 0 Å². The van der Waals surface area contributed by atoms with Crippen molar-refractivity contribution in [3.8, 4) is 0 Å². The SMILES string of the molecule is O=C(O)C1CN(Cc2ccccc2)CC1(C(=O)O)c1c(F)cc(F)c(F)c1F. The molecule has 0 bridgehead atoms. The van der Waals surface area contributed by atoms with Crippen LogP contribution in [0.5, 0.6) is 0 Å². The maximum atomic E-state index is 14.4. The van der Waals surface area contributed by atoms with Gasteiger partial charge < -0.3 is 10.2 Å². The van der Waals surface area contributed by atoms with Crippen molar-refractivity contribution in [3.05, 3.63) is 70.8 Å². The molecule has 3 rings (SSSR count). The lowest BCUT2D eigenvalue weighted by Gasteiger charge is -2.29. The molecule has 5 nitrogen and oxygen atoms in total. The molecule has 2 aromatic carbocycles. The molecule has 148 valence electrons. The number of carboxylic acid groups (broad SMARTS) is 2. The number of carbonyl (C=O) groups is 2. The van der Waals surface area contributed by atoms with Gasteiger partial charge in [-0.3, -0.25) is 14.5 Å². The van der Waals surface area contributed by atoms with Crippen molar-refractivity contribution < 1.29 is 37.4 Å². The molecule has 0 aliphatic carbocycles. The topological polar surface area (TPSA) is 77.8 Å². The van der Waals surface area contributed by atoms with Crippen LogP contribution in [0.15, 0.2) is 36.4 Å². The summed E-state index contributed by atoms with van der Waals surface area (Å²) in [6.07, 6.45) is 0. The summed E-state index contributed by atoms with van der Waals surface area (Å²) in [6, 6.07) is 8.65. The Morgan fingerprint density at radius 2 is 1.68 bits per heavy atom. The Morgan fingerprint density at radius 3 is 2.25 bits per heavy atom. The molecule has 1 aliphatic rings. The molecule has 2 N–H and O–H groups in total. The first-order valence-electron chi connectivity index (χ1n) is 8.24. The van der Waals surface area contributed by atoms with Gasteiger partial charge >= 0.3 is 11.9 Å². The summed E-state index contributed by atoms with van der Waals surface area (Å²) in [5, 5.41) is 19.3. The number of benzene rings is 2. The second-order valence-electron chi connectivity index (χ2n) is 6.67. The molecule has 2 unspecified atom stereocenters. The van der Waals surface area contributed by atoms with Crippen LogP contribution in [0.2, 0.25) is 0 Å². The number of hydrogen-bond acceptors (Lipinski definition) is 3. The van der Waals surface area contributed by atoms with Crippen molar-refractivity contribution in [1.82, 2.24) is 4.90 Å². The Hall–Kier alpha value is -2.94. The summed E-state index contributed by atoms with van der Waals surface area (Å²) in [5.74, 6) is -12.8. The minimum atomic E-state index is -2.62. The number of hydrogen-bond donors (Lipinski definition) is 2. The largest absolute Gasteiger partial charge is 0.481 e. The van der Waals surface area contributed by atoms with E-state index >= 15 is 0 Å². The Kier molecular flexibility index (Phi) is 5.12. The van der Waals surface area contributed by atoms with Gasteiger partial charge in [-0.1, -0.05) is 30.3 Å². The maximum Gasteiger partial charge on any atom is 0.316 e. The molecule has 0 amide bonds. The van der Waals surface area contributed by atoms with Crippen molar-refractivity contribution >= 4 is 11.9 Å². The standard InChI is InChI=1S/C19H15F4NO4/c20-12-6-13(21)15(22)16(23)14(12)19(18(27)28)9-24(8-11(19)17(25)26)7-10-4-2-1-3-5-10/h1-6,11H,7-9H2,(H,25,26)(H,27,28). The summed E-state index contributed by atoms with van der Waals surface area (Å²) in [6.45, 7) is -0.811. The molecule has 28 heavy (non-hydrogen) atoms. The van der Waals surface area contributed by atoms with E-state index in [1.165, 1.54) is 4.90 Å². The van der Waals surface area contributed by atoms with Gasteiger partial charge in [-0.05, 0) is 5.56 Å². The van der Waals surface area contributed by atoms with Crippen LogP contribution in [0.3, 0.4) is 0 Å². The molecule has 1 aliphatic heterocycles. The second kappa shape index (κ2) is 7.23. The second-order valence-corrected chi connectivity index (χ2v) is 6.67. The zero-order valence-electron chi connectivity index (χ0n) is 14.3. The number of nitrogens with zero attached hydrogens (tertiary/aromatic N) is 1. The number of halogens is 4. The quantitative estimate of drug-likeness (QED) is 0.461. The first-order valence-corrected chi connectivity index (χ1v) is 8.24. The van der Waals surface area contributed by atoms with Crippen LogP contribution in [0.4, 0.5) is 17.6 Å². The predicted octanol–water partition coefficient (Wildman–Crippen LogP) is 2.78. The van der Waals surface area contributed by atoms with Crippen LogP contribution in [0, 0.1) is 29.2 Å². The van der Waals surface area contributed by atoms with Gasteiger partial charge in [-0.25, -0.2) is 17.6 Å². The number of rotatable bonds is 5. The average molecular weight is 397 g/mol. The molecule has 1 fully saturated rings. The highest BCUT2D eigenvalue weighted by Gasteiger charge is 2.59. The summed E-state index contributed by atoms with van der Waals surface area (Å²) in [7, 11) is 0. The fraction of sp³-hybridized carbons (Fsp3) is 0.263. The van der Waals surface area contributed by atoms with Gasteiger partial charge in [0, 0.05) is 31.3 Å². The van der Waals surface area contributed by atoms with E-state index in [4.69, 9.17) is 0 Å². The smallest absolute Gasteiger partial charge is 0.316 e. The monoisotopic (exact) mass is 397 g/mol. The van der Waals surface area contributed by atoms with E-state index in [0.717, 1.165) is 5.56 Å². The van der Waals surface area contributed by atoms with E-state index in [1.54, 1.807) is 30.3 Å². The van der Waals surface area contributed by atoms with Crippen molar-refractivity contribution in [2.24, 2.45) is 5.92 Å². The maximum absolute atomic E-state index is 14.4. The van der Waals surface area contributed by atoms with Crippen molar-refractivity contribution in [3.63, 3.8) is 0 Å². The van der Waals surface area contributed by atoms with Gasteiger partial charge in [0.25, 0.3) is 0 Å². The normalized spacial score (nSPS) is 22.4. The summed E-state index contributed by atoms with van der Waals surface area (Å²) >= 11 is 0. The fourth-order valence-corrected chi connectivity index (χ4v) is 3.74. The van der Waals surface area contributed by atoms with Gasteiger partial charge in [0.2, 0.25) is 0 Å². The Labute approximate surface area is 156 Å². The van der Waals surface area contributed by atoms with Crippen LogP contribution in [0.1, 0.15) is 11.1 Å². The van der Waals surface area contributed by atoms with Crippen LogP contribution in [-0.4, -0.2) is 40.1 Å². The molecule has 1 heterocycles. The van der Waals surface area contributed by atoms with Gasteiger partial charge in [-0.2, -0.15) is 0 Å². The van der Waals surface area contributed by atoms with E-state index < -0.39 is 58.6 Å². The van der Waals surface area contributed by atoms with E-state index in [-0.39, 0.29) is 19.2 Å². The average Bonchev–Trinajstić information content (AvgIpc) is 3.01. The third-order valence-corrected chi connectivity index (χ3v) is 5.00. The molecule has 2 atom stereocenters. The third-order valence-electron chi connectivity index (χ3n) is 5.00. The van der Waals surface area contributed by atoms with Crippen molar-refractivity contribution in [2.45, 2.75) is 12.0 Å². The minimum absolute atomic E-state index is 0.0250. The van der Waals surface area contributed by atoms with Crippen LogP contribution in [-0.2, 0) is 21.5 Å². The molecular formula is C19H15F4NO4. The summed E-state index contributed by atoms with van der Waals surface area (Å²) < 4.78 is 55.9. The van der Waals surface area contributed by atoms with Gasteiger partial charge in [0.1, 0.15) is 11.2 Å². The molecular weight excluding hydrogens is 382 g/mol. The lowest BCUT2D eigenvalue weighted by atomic mass is 9.71. The fourth-order valence-electron chi connectivity index (χ4n) is 3.74. The molecule has 1 saturated heterocycles. The lowest BCUT2D eigenvalue weighted by Crippen LogP contribution is -2.48. The van der Waals surface area contributed by atoms with Gasteiger partial charge in [-0.15, -0.1) is 0 Å². The summed E-state index contributed by atoms with van der Waals surface area (Å²) in [5.41, 5.74) is -3.19. The molecule has 0 saturated carbocycles. The molecule has 0 radical (unpaired) electrons. The first kappa shape index (κ1) is 19.8. The molecule has 0 aromatic heterocycles. The first-order chi connectivity index (χ1) is 13.2. The number of likely N-dealkylation sites (tertiary alicyclic amines) is 1. The van der Waals surface area contributed by atoms with Gasteiger partial charge in [0.05, 0.1) is 5.92 Å². The van der Waals surface area contributed by atoms with E-state index in [0.29, 0.717) is 0 Å². The summed E-state index contributed by atoms with van der Waals surface area (Å²) in [4.78, 5) is 25.3. The zero-order chi connectivity index (χ0) is 20.6. The lowest BCUT2D eigenvalue weighted by molar-refractivity contribution is -0.154. The van der Waals surface area contributed by atoms with Crippen LogP contribution < -0.4 is 0 Å². The highest BCUT2D eigenvalue weighted by atomic mass is 19.2. The molecule has 2 aromatic rings. The van der Waals surface area contributed by atoms with E-state index in [1.807, 2.05) is 0 Å². The Bertz CT molecular complexity index is 937. The van der Waals surface area contributed by atoms with Crippen molar-refractivity contribution in [2.75, 3.05) is 13.1 Å². The Morgan fingerprint density at radius 1 is 1.04 bits per heavy atom. The highest BCUT2D eigenvalue weighted by Crippen LogP contribution is 2.43. The predicted molar refractivity (Wildman–Crippen MR) is 88.4 cm³/mol. The number of aliphatic carboxylic acids is 2. The van der Waals surface area contributed by atoms with Gasteiger partial charge in [0.15, 0.2) is 17.5 Å².